The van der Waals surface area contributed by atoms with Crippen molar-refractivity contribution in [2.75, 3.05) is 116 Å². The van der Waals surface area contributed by atoms with Crippen LogP contribution in [0.4, 0.5) is 0 Å². The van der Waals surface area contributed by atoms with Crippen molar-refractivity contribution in [1.29, 1.82) is 0 Å². The molecule has 0 unspecified atom stereocenters. The van der Waals surface area contributed by atoms with Crippen LogP contribution in [-0.4, -0.2) is 116 Å². The number of ether oxygens (including phenoxy) is 9. The smallest absolute Gasteiger partial charge is 0.126 e. The van der Waals surface area contributed by atoms with Crippen LogP contribution < -0.4 is 14.2 Å². The Labute approximate surface area is 308 Å². The summed E-state index contributed by atoms with van der Waals surface area (Å²) in [6.45, 7) is 8.31. The highest BCUT2D eigenvalue weighted by Crippen LogP contribution is 2.28. The van der Waals surface area contributed by atoms with Crippen LogP contribution in [-0.2, 0) is 28.4 Å². The van der Waals surface area contributed by atoms with Crippen LogP contribution in [0.1, 0.15) is 77.0 Å². The van der Waals surface area contributed by atoms with Crippen LogP contribution >= 0.6 is 37.9 Å². The molecule has 0 aliphatic rings. The van der Waals surface area contributed by atoms with E-state index in [1.165, 1.54) is 57.8 Å². The molecule has 0 bridgehead atoms. The molecule has 282 valence electrons. The lowest BCUT2D eigenvalue weighted by molar-refractivity contribution is 0.0336. The number of hydrogen-bond donors (Lipinski definition) is 3. The molecule has 12 heteroatoms. The minimum absolute atomic E-state index is 0.406. The first kappa shape index (κ1) is 45.5. The van der Waals surface area contributed by atoms with E-state index in [9.17, 15) is 0 Å². The number of hydrogen-bond acceptors (Lipinski definition) is 12. The number of thiol groups is 3. The Morgan fingerprint density at radius 3 is 0.771 bits per heavy atom. The van der Waals surface area contributed by atoms with Crippen LogP contribution in [0.3, 0.4) is 0 Å². The maximum Gasteiger partial charge on any atom is 0.126 e. The van der Waals surface area contributed by atoms with Crippen molar-refractivity contribution in [2.24, 2.45) is 0 Å². The molecule has 0 aliphatic carbocycles. The van der Waals surface area contributed by atoms with E-state index in [0.717, 1.165) is 56.3 Å². The quantitative estimate of drug-likeness (QED) is 0.0473. The standard InChI is InChI=1S/C36H66O9S3/c46-28-10-4-1-7-13-37-16-19-40-22-25-43-34-31-35(44-26-23-41-20-17-38-14-8-2-5-11-29-47)33-36(32-34)45-27-24-42-21-18-39-15-9-3-6-12-30-48/h31-33,46-48H,1-30H2. The first-order chi connectivity index (χ1) is 23.8. The Bertz CT molecular complexity index is 683. The molecule has 0 radical (unpaired) electrons. The fourth-order valence-corrected chi connectivity index (χ4v) is 5.10. The van der Waals surface area contributed by atoms with E-state index in [1.807, 2.05) is 18.2 Å². The summed E-state index contributed by atoms with van der Waals surface area (Å²) in [6, 6.07) is 5.56. The minimum Gasteiger partial charge on any atom is -0.491 e. The summed E-state index contributed by atoms with van der Waals surface area (Å²) < 4.78 is 51.8. The Morgan fingerprint density at radius 1 is 0.271 bits per heavy atom. The summed E-state index contributed by atoms with van der Waals surface area (Å²) in [4.78, 5) is 0. The summed E-state index contributed by atoms with van der Waals surface area (Å²) in [5.74, 6) is 4.81. The van der Waals surface area contributed by atoms with E-state index in [1.54, 1.807) is 0 Å². The second-order valence-corrected chi connectivity index (χ2v) is 12.6. The van der Waals surface area contributed by atoms with Crippen molar-refractivity contribution in [3.63, 3.8) is 0 Å². The molecule has 0 spiro atoms. The predicted molar refractivity (Wildman–Crippen MR) is 205 cm³/mol. The molecule has 0 heterocycles. The second-order valence-electron chi connectivity index (χ2n) is 11.3. The largest absolute Gasteiger partial charge is 0.491 e. The summed E-state index contributed by atoms with van der Waals surface area (Å²) in [5, 5.41) is 0. The van der Waals surface area contributed by atoms with Crippen molar-refractivity contribution in [1.82, 2.24) is 0 Å². The lowest BCUT2D eigenvalue weighted by atomic mass is 10.2. The molecular formula is C36H66O9S3. The summed E-state index contributed by atoms with van der Waals surface area (Å²) in [6.07, 6.45) is 13.9. The van der Waals surface area contributed by atoms with Gasteiger partial charge in [0.05, 0.1) is 59.5 Å². The van der Waals surface area contributed by atoms with Gasteiger partial charge in [0.1, 0.15) is 37.1 Å². The van der Waals surface area contributed by atoms with E-state index in [4.69, 9.17) is 42.6 Å². The zero-order valence-corrected chi connectivity index (χ0v) is 32.1. The molecule has 0 aliphatic heterocycles. The second kappa shape index (κ2) is 37.7. The van der Waals surface area contributed by atoms with Gasteiger partial charge < -0.3 is 42.6 Å². The molecule has 0 amide bonds. The van der Waals surface area contributed by atoms with Crippen LogP contribution in [0.25, 0.3) is 0 Å². The van der Waals surface area contributed by atoms with Crippen LogP contribution in [0.15, 0.2) is 18.2 Å². The SMILES string of the molecule is SCCCCCCOCCOCCOc1cc(OCCOCCOCCCCCCS)cc(OCCOCCOCCCCCCS)c1. The fourth-order valence-electron chi connectivity index (χ4n) is 4.43. The normalized spacial score (nSPS) is 11.3. The van der Waals surface area contributed by atoms with Gasteiger partial charge in [-0.25, -0.2) is 0 Å². The van der Waals surface area contributed by atoms with Crippen LogP contribution in [0.2, 0.25) is 0 Å². The molecule has 0 saturated carbocycles. The van der Waals surface area contributed by atoms with Crippen LogP contribution in [0.5, 0.6) is 17.2 Å². The van der Waals surface area contributed by atoms with Crippen LogP contribution in [0, 0.1) is 0 Å². The molecule has 1 aromatic carbocycles. The summed E-state index contributed by atoms with van der Waals surface area (Å²) >= 11 is 12.7. The Morgan fingerprint density at radius 2 is 0.500 bits per heavy atom. The topological polar surface area (TPSA) is 83.1 Å². The average molecular weight is 739 g/mol. The van der Waals surface area contributed by atoms with Gasteiger partial charge in [0.15, 0.2) is 0 Å². The molecule has 0 aromatic heterocycles. The van der Waals surface area contributed by atoms with E-state index in [2.05, 4.69) is 37.9 Å². The number of benzene rings is 1. The zero-order valence-electron chi connectivity index (χ0n) is 29.5. The highest BCUT2D eigenvalue weighted by molar-refractivity contribution is 7.80. The predicted octanol–water partition coefficient (Wildman–Crippen LogP) is 7.39. The lowest BCUT2D eigenvalue weighted by Crippen LogP contribution is -2.13. The molecule has 0 fully saturated rings. The van der Waals surface area contributed by atoms with Gasteiger partial charge in [-0.3, -0.25) is 0 Å². The third-order valence-corrected chi connectivity index (χ3v) is 8.00. The van der Waals surface area contributed by atoms with Crippen molar-refractivity contribution in [3.8, 4) is 17.2 Å². The molecule has 0 atom stereocenters. The van der Waals surface area contributed by atoms with Crippen molar-refractivity contribution >= 4 is 37.9 Å². The number of unbranched alkanes of at least 4 members (excludes halogenated alkanes) is 9. The minimum atomic E-state index is 0.406. The third kappa shape index (κ3) is 31.4. The molecule has 48 heavy (non-hydrogen) atoms. The zero-order chi connectivity index (χ0) is 34.4. The van der Waals surface area contributed by atoms with E-state index >= 15 is 0 Å². The van der Waals surface area contributed by atoms with Gasteiger partial charge in [-0.2, -0.15) is 37.9 Å². The van der Waals surface area contributed by atoms with Gasteiger partial charge in [0, 0.05) is 38.0 Å². The molecule has 0 saturated heterocycles. The molecule has 0 N–H and O–H groups in total. The van der Waals surface area contributed by atoms with E-state index < -0.39 is 0 Å². The summed E-state index contributed by atoms with van der Waals surface area (Å²) in [7, 11) is 0. The Kier molecular flexibility index (Phi) is 35.7. The average Bonchev–Trinajstić information content (AvgIpc) is 3.09. The maximum absolute atomic E-state index is 5.96. The highest BCUT2D eigenvalue weighted by Gasteiger charge is 2.06. The molecule has 9 nitrogen and oxygen atoms in total. The Hall–Kier alpha value is -0.570. The first-order valence-electron chi connectivity index (χ1n) is 18.1. The maximum atomic E-state index is 5.96. The number of rotatable bonds is 39. The van der Waals surface area contributed by atoms with Gasteiger partial charge in [-0.15, -0.1) is 0 Å². The monoisotopic (exact) mass is 738 g/mol. The van der Waals surface area contributed by atoms with Crippen molar-refractivity contribution < 1.29 is 42.6 Å². The van der Waals surface area contributed by atoms with Crippen molar-refractivity contribution in [2.45, 2.75) is 77.0 Å². The first-order valence-corrected chi connectivity index (χ1v) is 20.0. The fraction of sp³-hybridized carbons (Fsp3) is 0.833. The lowest BCUT2D eigenvalue weighted by Gasteiger charge is -2.14. The van der Waals surface area contributed by atoms with Gasteiger partial charge in [0.25, 0.3) is 0 Å². The third-order valence-electron chi connectivity index (χ3n) is 7.05. The highest BCUT2D eigenvalue weighted by atomic mass is 32.1. The summed E-state index contributed by atoms with van der Waals surface area (Å²) in [5.41, 5.74) is 0. The van der Waals surface area contributed by atoms with Gasteiger partial charge in [0.2, 0.25) is 0 Å². The van der Waals surface area contributed by atoms with Gasteiger partial charge in [-0.05, 0) is 55.8 Å². The van der Waals surface area contributed by atoms with Gasteiger partial charge in [-0.1, -0.05) is 38.5 Å². The molecule has 1 aromatic rings. The van der Waals surface area contributed by atoms with E-state index in [0.29, 0.717) is 96.5 Å². The Balaban J connectivity index is 2.32. The van der Waals surface area contributed by atoms with E-state index in [-0.39, 0.29) is 0 Å². The van der Waals surface area contributed by atoms with Gasteiger partial charge >= 0.3 is 0 Å². The molecular weight excluding hydrogens is 673 g/mol. The molecule has 1 rings (SSSR count). The van der Waals surface area contributed by atoms with Crippen molar-refractivity contribution in [3.05, 3.63) is 18.2 Å².